The Hall–Kier alpha value is -1.62. The first-order valence-electron chi connectivity index (χ1n) is 7.70. The van der Waals surface area contributed by atoms with E-state index in [0.29, 0.717) is 5.69 Å². The van der Waals surface area contributed by atoms with E-state index in [1.165, 1.54) is 12.8 Å². The molecule has 0 aromatic heterocycles. The van der Waals surface area contributed by atoms with E-state index >= 15 is 0 Å². The van der Waals surface area contributed by atoms with Crippen LogP contribution in [0.3, 0.4) is 0 Å². The third-order valence-corrected chi connectivity index (χ3v) is 4.27. The van der Waals surface area contributed by atoms with Crippen molar-refractivity contribution in [3.05, 3.63) is 33.9 Å². The minimum atomic E-state index is -0.318. The molecule has 0 saturated carbocycles. The number of nitrogens with one attached hydrogen (secondary N) is 1. The zero-order chi connectivity index (χ0) is 15.5. The number of rotatable bonds is 6. The Morgan fingerprint density at radius 2 is 2.19 bits per heavy atom. The quantitative estimate of drug-likeness (QED) is 0.640. The van der Waals surface area contributed by atoms with E-state index in [4.69, 9.17) is 0 Å². The molecule has 0 spiro atoms. The van der Waals surface area contributed by atoms with Gasteiger partial charge in [-0.3, -0.25) is 15.0 Å². The van der Waals surface area contributed by atoms with Gasteiger partial charge in [0.2, 0.25) is 0 Å². The third-order valence-electron chi connectivity index (χ3n) is 4.27. The SMILES string of the molecule is CCCNc1cc(CN2CCCC2(C)C)ccc1[N+](=O)[O-]. The molecule has 116 valence electrons. The second-order valence-electron chi connectivity index (χ2n) is 6.37. The standard InChI is InChI=1S/C16H25N3O2/c1-4-9-17-14-11-13(6-7-15(14)19(20)21)12-18-10-5-8-16(18,2)3/h6-7,11,17H,4-5,8-10,12H2,1-3H3. The molecule has 2 rings (SSSR count). The van der Waals surface area contributed by atoms with Gasteiger partial charge in [-0.1, -0.05) is 13.0 Å². The molecule has 1 aromatic rings. The smallest absolute Gasteiger partial charge is 0.292 e. The minimum absolute atomic E-state index is 0.160. The first-order valence-corrected chi connectivity index (χ1v) is 7.70. The van der Waals surface area contributed by atoms with Crippen molar-refractivity contribution >= 4 is 11.4 Å². The summed E-state index contributed by atoms with van der Waals surface area (Å²) in [5, 5.41) is 14.3. The van der Waals surface area contributed by atoms with Crippen LogP contribution in [0, 0.1) is 10.1 Å². The molecule has 1 aromatic carbocycles. The van der Waals surface area contributed by atoms with Crippen LogP contribution in [0.4, 0.5) is 11.4 Å². The van der Waals surface area contributed by atoms with Crippen LogP contribution in [-0.4, -0.2) is 28.5 Å². The molecule has 5 heteroatoms. The second kappa shape index (κ2) is 6.43. The van der Waals surface area contributed by atoms with Crippen molar-refractivity contribution < 1.29 is 4.92 Å². The van der Waals surface area contributed by atoms with E-state index in [-0.39, 0.29) is 16.1 Å². The molecule has 0 radical (unpaired) electrons. The lowest BCUT2D eigenvalue weighted by atomic mass is 10.0. The summed E-state index contributed by atoms with van der Waals surface area (Å²) in [5.74, 6) is 0. The van der Waals surface area contributed by atoms with Gasteiger partial charge in [0, 0.05) is 24.7 Å². The van der Waals surface area contributed by atoms with Gasteiger partial charge in [0.25, 0.3) is 5.69 Å². The molecular weight excluding hydrogens is 266 g/mol. The summed E-state index contributed by atoms with van der Waals surface area (Å²) >= 11 is 0. The van der Waals surface area contributed by atoms with Crippen LogP contribution in [-0.2, 0) is 6.54 Å². The van der Waals surface area contributed by atoms with Crippen LogP contribution in [0.2, 0.25) is 0 Å². The number of nitro benzene ring substituents is 1. The highest BCUT2D eigenvalue weighted by Crippen LogP contribution is 2.31. The highest BCUT2D eigenvalue weighted by atomic mass is 16.6. The molecular formula is C16H25N3O2. The van der Waals surface area contributed by atoms with Crippen molar-refractivity contribution in [3.63, 3.8) is 0 Å². The number of nitro groups is 1. The van der Waals surface area contributed by atoms with Crippen molar-refractivity contribution in [2.75, 3.05) is 18.4 Å². The lowest BCUT2D eigenvalue weighted by Crippen LogP contribution is -2.37. The Balaban J connectivity index is 2.18. The average Bonchev–Trinajstić information content (AvgIpc) is 2.75. The summed E-state index contributed by atoms with van der Waals surface area (Å²) in [7, 11) is 0. The minimum Gasteiger partial charge on any atom is -0.379 e. The summed E-state index contributed by atoms with van der Waals surface area (Å²) in [6.45, 7) is 9.28. The van der Waals surface area contributed by atoms with Gasteiger partial charge < -0.3 is 5.32 Å². The molecule has 1 aliphatic rings. The fraction of sp³-hybridized carbons (Fsp3) is 0.625. The van der Waals surface area contributed by atoms with Gasteiger partial charge in [0.1, 0.15) is 5.69 Å². The highest BCUT2D eigenvalue weighted by Gasteiger charge is 2.31. The van der Waals surface area contributed by atoms with Crippen molar-refractivity contribution in [1.29, 1.82) is 0 Å². The molecule has 5 nitrogen and oxygen atoms in total. The van der Waals surface area contributed by atoms with Gasteiger partial charge in [-0.2, -0.15) is 0 Å². The molecule has 21 heavy (non-hydrogen) atoms. The molecule has 0 aliphatic carbocycles. The highest BCUT2D eigenvalue weighted by molar-refractivity contribution is 5.62. The van der Waals surface area contributed by atoms with Crippen molar-refractivity contribution in [1.82, 2.24) is 4.90 Å². The van der Waals surface area contributed by atoms with Crippen LogP contribution in [0.1, 0.15) is 45.6 Å². The molecule has 1 fully saturated rings. The zero-order valence-electron chi connectivity index (χ0n) is 13.2. The Bertz CT molecular complexity index is 514. The Morgan fingerprint density at radius 3 is 2.76 bits per heavy atom. The molecule has 1 aliphatic heterocycles. The van der Waals surface area contributed by atoms with E-state index in [2.05, 4.69) is 31.0 Å². The molecule has 0 atom stereocenters. The first-order chi connectivity index (χ1) is 9.94. The van der Waals surface area contributed by atoms with E-state index in [9.17, 15) is 10.1 Å². The summed E-state index contributed by atoms with van der Waals surface area (Å²) in [4.78, 5) is 13.2. The molecule has 1 N–H and O–H groups in total. The lowest BCUT2D eigenvalue weighted by Gasteiger charge is -2.31. The third kappa shape index (κ3) is 3.73. The van der Waals surface area contributed by atoms with Gasteiger partial charge in [-0.15, -0.1) is 0 Å². The maximum absolute atomic E-state index is 11.1. The Kier molecular flexibility index (Phi) is 4.83. The largest absolute Gasteiger partial charge is 0.379 e. The Labute approximate surface area is 126 Å². The summed E-state index contributed by atoms with van der Waals surface area (Å²) < 4.78 is 0. The maximum atomic E-state index is 11.1. The summed E-state index contributed by atoms with van der Waals surface area (Å²) in [5.41, 5.74) is 2.15. The van der Waals surface area contributed by atoms with Crippen molar-refractivity contribution in [2.45, 2.75) is 52.1 Å². The van der Waals surface area contributed by atoms with Crippen molar-refractivity contribution in [3.8, 4) is 0 Å². The normalized spacial score (nSPS) is 17.9. The van der Waals surface area contributed by atoms with Crippen molar-refractivity contribution in [2.24, 2.45) is 0 Å². The van der Waals surface area contributed by atoms with Crippen LogP contribution in [0.25, 0.3) is 0 Å². The van der Waals surface area contributed by atoms with E-state index in [0.717, 1.165) is 31.6 Å². The monoisotopic (exact) mass is 291 g/mol. The molecule has 1 saturated heterocycles. The number of nitrogens with zero attached hydrogens (tertiary/aromatic N) is 2. The number of likely N-dealkylation sites (tertiary alicyclic amines) is 1. The molecule has 0 amide bonds. The Morgan fingerprint density at radius 1 is 1.43 bits per heavy atom. The number of hydrogen-bond donors (Lipinski definition) is 1. The van der Waals surface area contributed by atoms with Gasteiger partial charge >= 0.3 is 0 Å². The number of anilines is 1. The molecule has 0 unspecified atom stereocenters. The predicted molar refractivity (Wildman–Crippen MR) is 85.6 cm³/mol. The fourth-order valence-electron chi connectivity index (χ4n) is 2.92. The maximum Gasteiger partial charge on any atom is 0.292 e. The van der Waals surface area contributed by atoms with Crippen LogP contribution in [0.5, 0.6) is 0 Å². The first kappa shape index (κ1) is 15.8. The molecule has 1 heterocycles. The molecule has 0 bridgehead atoms. The van der Waals surface area contributed by atoms with Crippen LogP contribution >= 0.6 is 0 Å². The predicted octanol–water partition coefficient (Wildman–Crippen LogP) is 3.79. The van der Waals surface area contributed by atoms with E-state index < -0.39 is 0 Å². The van der Waals surface area contributed by atoms with E-state index in [1.807, 2.05) is 12.1 Å². The summed E-state index contributed by atoms with van der Waals surface area (Å²) in [6.07, 6.45) is 3.38. The lowest BCUT2D eigenvalue weighted by molar-refractivity contribution is -0.384. The number of hydrogen-bond acceptors (Lipinski definition) is 4. The number of benzene rings is 1. The zero-order valence-corrected chi connectivity index (χ0v) is 13.2. The van der Waals surface area contributed by atoms with E-state index in [1.54, 1.807) is 6.07 Å². The van der Waals surface area contributed by atoms with Crippen LogP contribution in [0.15, 0.2) is 18.2 Å². The fourth-order valence-corrected chi connectivity index (χ4v) is 2.92. The van der Waals surface area contributed by atoms with Gasteiger partial charge in [-0.25, -0.2) is 0 Å². The topological polar surface area (TPSA) is 58.4 Å². The average molecular weight is 291 g/mol. The van der Waals surface area contributed by atoms with Crippen LogP contribution < -0.4 is 5.32 Å². The summed E-state index contributed by atoms with van der Waals surface area (Å²) in [6, 6.07) is 5.43. The van der Waals surface area contributed by atoms with Gasteiger partial charge in [-0.05, 0) is 51.3 Å². The second-order valence-corrected chi connectivity index (χ2v) is 6.37. The van der Waals surface area contributed by atoms with Gasteiger partial charge in [0.15, 0.2) is 0 Å². The van der Waals surface area contributed by atoms with Gasteiger partial charge in [0.05, 0.1) is 4.92 Å².